The number of carbonyl (C=O) groups excluding carboxylic acids is 1. The second-order valence-corrected chi connectivity index (χ2v) is 9.12. The van der Waals surface area contributed by atoms with Crippen LogP contribution in [0.2, 0.25) is 0 Å². The summed E-state index contributed by atoms with van der Waals surface area (Å²) in [6, 6.07) is 16.7. The molecular formula is C28H36N2O4. The number of carbonyl (C=O) groups is 1. The minimum absolute atomic E-state index is 0.0374. The molecule has 1 aliphatic heterocycles. The van der Waals surface area contributed by atoms with Crippen LogP contribution in [0.1, 0.15) is 42.5 Å². The van der Waals surface area contributed by atoms with Crippen molar-refractivity contribution in [2.45, 2.75) is 43.9 Å². The van der Waals surface area contributed by atoms with Crippen molar-refractivity contribution in [3.8, 4) is 5.75 Å². The van der Waals surface area contributed by atoms with E-state index in [9.17, 15) is 4.79 Å². The smallest absolute Gasteiger partial charge is 0.246 e. The predicted molar refractivity (Wildman–Crippen MR) is 133 cm³/mol. The molecule has 0 bridgehead atoms. The molecule has 2 aliphatic rings. The third-order valence-corrected chi connectivity index (χ3v) is 7.05. The van der Waals surface area contributed by atoms with Gasteiger partial charge in [-0.05, 0) is 61.7 Å². The number of rotatable bonds is 10. The molecule has 1 spiro atoms. The van der Waals surface area contributed by atoms with Crippen molar-refractivity contribution in [1.82, 2.24) is 10.2 Å². The summed E-state index contributed by atoms with van der Waals surface area (Å²) in [5.41, 5.74) is 3.60. The Labute approximate surface area is 202 Å². The summed E-state index contributed by atoms with van der Waals surface area (Å²) in [6.45, 7) is 9.86. The molecule has 6 heteroatoms. The highest BCUT2D eigenvalue weighted by molar-refractivity contribution is 5.78. The zero-order valence-electron chi connectivity index (χ0n) is 20.3. The second kappa shape index (κ2) is 11.2. The molecule has 4 rings (SSSR count). The summed E-state index contributed by atoms with van der Waals surface area (Å²) >= 11 is 0. The lowest BCUT2D eigenvalue weighted by Gasteiger charge is -2.44. The lowest BCUT2D eigenvalue weighted by molar-refractivity contribution is -0.127. The van der Waals surface area contributed by atoms with Gasteiger partial charge in [-0.3, -0.25) is 9.69 Å². The highest BCUT2D eigenvalue weighted by atomic mass is 16.5. The Morgan fingerprint density at radius 3 is 2.59 bits per heavy atom. The fraction of sp³-hybridized carbons (Fsp3) is 0.464. The van der Waals surface area contributed by atoms with E-state index in [-0.39, 0.29) is 30.1 Å². The van der Waals surface area contributed by atoms with Crippen molar-refractivity contribution in [3.63, 3.8) is 0 Å². The van der Waals surface area contributed by atoms with Crippen molar-refractivity contribution in [3.05, 3.63) is 77.9 Å². The van der Waals surface area contributed by atoms with E-state index >= 15 is 0 Å². The van der Waals surface area contributed by atoms with Gasteiger partial charge in [-0.25, -0.2) is 0 Å². The average molecular weight is 465 g/mol. The normalized spacial score (nSPS) is 21.2. The highest BCUT2D eigenvalue weighted by Crippen LogP contribution is 2.52. The fourth-order valence-electron chi connectivity index (χ4n) is 5.56. The van der Waals surface area contributed by atoms with E-state index in [1.54, 1.807) is 6.08 Å². The van der Waals surface area contributed by atoms with Crippen LogP contribution in [0.3, 0.4) is 0 Å². The first-order chi connectivity index (χ1) is 16.6. The van der Waals surface area contributed by atoms with Crippen LogP contribution in [0, 0.1) is 0 Å². The summed E-state index contributed by atoms with van der Waals surface area (Å²) in [5, 5.41) is 3.18. The number of piperidine rings is 1. The molecule has 1 heterocycles. The number of benzene rings is 2. The zero-order valence-corrected chi connectivity index (χ0v) is 20.3. The monoisotopic (exact) mass is 464 g/mol. The van der Waals surface area contributed by atoms with E-state index in [2.05, 4.69) is 47.1 Å². The van der Waals surface area contributed by atoms with Gasteiger partial charge < -0.3 is 19.5 Å². The lowest BCUT2D eigenvalue weighted by Crippen LogP contribution is -2.51. The quantitative estimate of drug-likeness (QED) is 0.539. The Morgan fingerprint density at radius 1 is 1.18 bits per heavy atom. The minimum Gasteiger partial charge on any atom is -0.494 e. The molecule has 1 N–H and O–H groups in total. The van der Waals surface area contributed by atoms with Crippen LogP contribution in [0.25, 0.3) is 0 Å². The maximum absolute atomic E-state index is 12.5. The zero-order chi connectivity index (χ0) is 24.0. The molecule has 1 saturated heterocycles. The first-order valence-corrected chi connectivity index (χ1v) is 12.2. The molecule has 1 amide bonds. The van der Waals surface area contributed by atoms with Crippen LogP contribution in [0.15, 0.2) is 61.2 Å². The maximum Gasteiger partial charge on any atom is 0.246 e. The predicted octanol–water partition coefficient (Wildman–Crippen LogP) is 4.01. The van der Waals surface area contributed by atoms with E-state index in [4.69, 9.17) is 14.2 Å². The summed E-state index contributed by atoms with van der Waals surface area (Å²) in [6.07, 6.45) is 3.58. The molecule has 1 fully saturated rings. The van der Waals surface area contributed by atoms with Crippen LogP contribution in [0.4, 0.5) is 0 Å². The molecule has 6 nitrogen and oxygen atoms in total. The first-order valence-electron chi connectivity index (χ1n) is 12.2. The van der Waals surface area contributed by atoms with Gasteiger partial charge in [0.25, 0.3) is 0 Å². The number of amides is 1. The Hall–Kier alpha value is -2.67. The van der Waals surface area contributed by atoms with Gasteiger partial charge in [0.1, 0.15) is 12.4 Å². The molecule has 0 radical (unpaired) electrons. The van der Waals surface area contributed by atoms with E-state index in [1.165, 1.54) is 18.2 Å². The Morgan fingerprint density at radius 2 is 1.91 bits per heavy atom. The highest BCUT2D eigenvalue weighted by Gasteiger charge is 2.54. The van der Waals surface area contributed by atoms with E-state index in [1.807, 2.05) is 25.1 Å². The van der Waals surface area contributed by atoms with Crippen LogP contribution in [-0.4, -0.2) is 56.9 Å². The maximum atomic E-state index is 12.5. The number of nitrogens with zero attached hydrogens (tertiary/aromatic N) is 1. The summed E-state index contributed by atoms with van der Waals surface area (Å²) in [7, 11) is 1.54. The molecule has 0 aromatic heterocycles. The van der Waals surface area contributed by atoms with Gasteiger partial charge in [-0.15, -0.1) is 6.58 Å². The Balaban J connectivity index is 1.53. The molecular weight excluding hydrogens is 428 g/mol. The third-order valence-electron chi connectivity index (χ3n) is 7.05. The number of hydrogen-bond donors (Lipinski definition) is 1. The van der Waals surface area contributed by atoms with E-state index < -0.39 is 0 Å². The lowest BCUT2D eigenvalue weighted by atomic mass is 9.71. The largest absolute Gasteiger partial charge is 0.494 e. The van der Waals surface area contributed by atoms with Crippen molar-refractivity contribution in [1.29, 1.82) is 0 Å². The number of likely N-dealkylation sites (tertiary alicyclic amines) is 1. The summed E-state index contributed by atoms with van der Waals surface area (Å²) < 4.78 is 17.0. The van der Waals surface area contributed by atoms with Gasteiger partial charge >= 0.3 is 0 Å². The van der Waals surface area contributed by atoms with Crippen LogP contribution in [0.5, 0.6) is 5.75 Å². The first kappa shape index (κ1) is 24.5. The second-order valence-electron chi connectivity index (χ2n) is 9.12. The van der Waals surface area contributed by atoms with Gasteiger partial charge in [-0.2, -0.15) is 0 Å². The number of methoxy groups -OCH3 is 1. The third kappa shape index (κ3) is 5.04. The van der Waals surface area contributed by atoms with Crippen molar-refractivity contribution in [2.24, 2.45) is 0 Å². The molecule has 182 valence electrons. The Bertz CT molecular complexity index is 967. The molecule has 0 unspecified atom stereocenters. The minimum atomic E-state index is -0.198. The van der Waals surface area contributed by atoms with Crippen molar-refractivity contribution >= 4 is 5.91 Å². The molecule has 2 atom stereocenters. The average Bonchev–Trinajstić information content (AvgIpc) is 3.09. The van der Waals surface area contributed by atoms with Gasteiger partial charge in [0.05, 0.1) is 25.4 Å². The van der Waals surface area contributed by atoms with Gasteiger partial charge in [0, 0.05) is 19.1 Å². The molecule has 1 aliphatic carbocycles. The topological polar surface area (TPSA) is 60.0 Å². The number of fused-ring (bicyclic) bond motifs is 2. The van der Waals surface area contributed by atoms with E-state index in [0.29, 0.717) is 13.2 Å². The van der Waals surface area contributed by atoms with Crippen molar-refractivity contribution < 1.29 is 19.0 Å². The van der Waals surface area contributed by atoms with Crippen molar-refractivity contribution in [2.75, 3.05) is 40.0 Å². The SMILES string of the molecule is C=CCO[C@H]1[C@H](NC(=O)COC)c2ccccc2C12CCN(Cc1ccc(OCC)cc1)CC2. The fourth-order valence-corrected chi connectivity index (χ4v) is 5.56. The number of hydrogen-bond acceptors (Lipinski definition) is 5. The van der Waals surface area contributed by atoms with Crippen LogP contribution < -0.4 is 10.1 Å². The standard InChI is InChI=1S/C28H36N2O4/c1-4-18-34-27-26(29-25(31)20-32-3)23-8-6-7-9-24(23)28(27)14-16-30(17-15-28)19-21-10-12-22(13-11-21)33-5-2/h4,6-13,26-27H,1,5,14-20H2,2-3H3,(H,29,31)/t26-,27+/m1/s1. The van der Waals surface area contributed by atoms with Gasteiger partial charge in [-0.1, -0.05) is 42.5 Å². The number of ether oxygens (including phenoxy) is 3. The van der Waals surface area contributed by atoms with Gasteiger partial charge in [0.2, 0.25) is 5.91 Å². The summed E-state index contributed by atoms with van der Waals surface area (Å²) in [5.74, 6) is 0.787. The van der Waals surface area contributed by atoms with Gasteiger partial charge in [0.15, 0.2) is 0 Å². The molecule has 34 heavy (non-hydrogen) atoms. The molecule has 0 saturated carbocycles. The van der Waals surface area contributed by atoms with Crippen LogP contribution >= 0.6 is 0 Å². The van der Waals surface area contributed by atoms with Crippen LogP contribution in [-0.2, 0) is 26.2 Å². The molecule has 2 aromatic carbocycles. The number of nitrogens with one attached hydrogen (secondary N) is 1. The Kier molecular flexibility index (Phi) is 8.03. The summed E-state index contributed by atoms with van der Waals surface area (Å²) in [4.78, 5) is 15.0. The molecule has 2 aromatic rings. The van der Waals surface area contributed by atoms with E-state index in [0.717, 1.165) is 43.8 Å².